The first-order valence-electron chi connectivity index (χ1n) is 14.8. The van der Waals surface area contributed by atoms with Crippen LogP contribution in [0.25, 0.3) is 10.8 Å². The third-order valence-corrected chi connectivity index (χ3v) is 9.16. The highest BCUT2D eigenvalue weighted by Gasteiger charge is 2.15. The van der Waals surface area contributed by atoms with Crippen molar-refractivity contribution in [2.75, 3.05) is 17.1 Å². The number of sulfonamides is 1. The second-order valence-corrected chi connectivity index (χ2v) is 13.0. The SMILES string of the molecule is COc1cc(N=Nc2ccc(S(=O)(=O)Nc3ccc(O)cc3)cc2)c(C)cc1N=Nc1c(S)cc2cc(Nc3ccccc3)ccc2c1O. The highest BCUT2D eigenvalue weighted by Crippen LogP contribution is 2.43. The minimum atomic E-state index is -3.85. The first kappa shape index (κ1) is 33.0. The maximum atomic E-state index is 12.8. The summed E-state index contributed by atoms with van der Waals surface area (Å²) in [6.45, 7) is 1.83. The molecule has 6 aromatic rings. The van der Waals surface area contributed by atoms with Gasteiger partial charge in [0.05, 0.1) is 23.4 Å². The average Bonchev–Trinajstić information content (AvgIpc) is 3.09. The number of hydrogen-bond acceptors (Lipinski definition) is 11. The normalized spacial score (nSPS) is 11.7. The Balaban J connectivity index is 1.19. The molecule has 0 saturated carbocycles. The molecule has 0 heterocycles. The largest absolute Gasteiger partial charge is 0.508 e. The maximum absolute atomic E-state index is 12.8. The van der Waals surface area contributed by atoms with Crippen LogP contribution in [0.1, 0.15) is 5.56 Å². The van der Waals surface area contributed by atoms with E-state index in [0.29, 0.717) is 38.8 Å². The molecule has 0 aliphatic rings. The van der Waals surface area contributed by atoms with Gasteiger partial charge in [0.15, 0.2) is 5.75 Å². The van der Waals surface area contributed by atoms with E-state index >= 15 is 0 Å². The van der Waals surface area contributed by atoms with Crippen molar-refractivity contribution in [1.82, 2.24) is 0 Å². The smallest absolute Gasteiger partial charge is 0.261 e. The van der Waals surface area contributed by atoms with Crippen LogP contribution >= 0.6 is 12.6 Å². The quantitative estimate of drug-likeness (QED) is 0.0547. The Kier molecular flexibility index (Phi) is 9.47. The van der Waals surface area contributed by atoms with Crippen LogP contribution in [0.2, 0.25) is 0 Å². The number of para-hydroxylation sites is 1. The van der Waals surface area contributed by atoms with Crippen molar-refractivity contribution < 1.29 is 23.4 Å². The van der Waals surface area contributed by atoms with E-state index in [9.17, 15) is 18.6 Å². The van der Waals surface area contributed by atoms with Gasteiger partial charge < -0.3 is 20.3 Å². The van der Waals surface area contributed by atoms with Crippen LogP contribution in [0.15, 0.2) is 146 Å². The standard InChI is InChI=1S/C36H30N6O5S2/c1-22-18-32(40-41-35-34(48)20-23-19-27(12-17-30(23)36(35)44)37-24-6-4-3-5-7-24)33(47-2)21-31(22)39-38-25-10-15-29(16-11-25)49(45,46)42-26-8-13-28(43)14-9-26/h3-21,37,42-44,48H,1-2H3. The number of methoxy groups -OCH3 is 1. The van der Waals surface area contributed by atoms with Crippen LogP contribution in [-0.2, 0) is 10.0 Å². The summed E-state index contributed by atoms with van der Waals surface area (Å²) >= 11 is 4.58. The predicted molar refractivity (Wildman–Crippen MR) is 194 cm³/mol. The molecule has 0 radical (unpaired) electrons. The number of fused-ring (bicyclic) bond motifs is 1. The van der Waals surface area contributed by atoms with Gasteiger partial charge in [-0.1, -0.05) is 18.2 Å². The first-order chi connectivity index (χ1) is 23.6. The van der Waals surface area contributed by atoms with Crippen molar-refractivity contribution >= 4 is 73.2 Å². The molecule has 0 amide bonds. The number of ether oxygens (including phenoxy) is 1. The Morgan fingerprint density at radius 2 is 1.41 bits per heavy atom. The van der Waals surface area contributed by atoms with Crippen LogP contribution in [-0.4, -0.2) is 25.7 Å². The zero-order chi connectivity index (χ0) is 34.5. The molecule has 4 N–H and O–H groups in total. The molecule has 0 spiro atoms. The fourth-order valence-corrected chi connectivity index (χ4v) is 6.24. The molecule has 0 bridgehead atoms. The van der Waals surface area contributed by atoms with Crippen molar-refractivity contribution in [3.05, 3.63) is 121 Å². The lowest BCUT2D eigenvalue weighted by atomic mass is 10.1. The van der Waals surface area contributed by atoms with Gasteiger partial charge in [-0.05, 0) is 109 Å². The van der Waals surface area contributed by atoms with Gasteiger partial charge in [0.2, 0.25) is 0 Å². The number of thiol groups is 1. The molecule has 6 aromatic carbocycles. The summed E-state index contributed by atoms with van der Waals surface area (Å²) in [5.41, 5.74) is 4.41. The number of phenolic OH excluding ortho intramolecular Hbond substituents is 2. The summed E-state index contributed by atoms with van der Waals surface area (Å²) in [4.78, 5) is 0.486. The average molecular weight is 691 g/mol. The van der Waals surface area contributed by atoms with Gasteiger partial charge >= 0.3 is 0 Å². The Bertz CT molecular complexity index is 2310. The highest BCUT2D eigenvalue weighted by atomic mass is 32.2. The first-order valence-corrected chi connectivity index (χ1v) is 16.8. The van der Waals surface area contributed by atoms with Gasteiger partial charge in [-0.15, -0.1) is 22.9 Å². The van der Waals surface area contributed by atoms with Crippen LogP contribution in [0.3, 0.4) is 0 Å². The number of aryl methyl sites for hydroxylation is 1. The highest BCUT2D eigenvalue weighted by molar-refractivity contribution is 7.92. The number of nitrogens with one attached hydrogen (secondary N) is 2. The Morgan fingerprint density at radius 3 is 2.12 bits per heavy atom. The summed E-state index contributed by atoms with van der Waals surface area (Å²) in [6.07, 6.45) is 0. The topological polar surface area (TPSA) is 157 Å². The van der Waals surface area contributed by atoms with Gasteiger partial charge in [-0.2, -0.15) is 10.2 Å². The second kappa shape index (κ2) is 14.1. The molecule has 0 saturated heterocycles. The van der Waals surface area contributed by atoms with Gasteiger partial charge in [-0.3, -0.25) is 4.72 Å². The van der Waals surface area contributed by atoms with E-state index in [-0.39, 0.29) is 22.1 Å². The lowest BCUT2D eigenvalue weighted by Crippen LogP contribution is -2.12. The number of hydrogen-bond donors (Lipinski definition) is 5. The number of nitrogens with zero attached hydrogens (tertiary/aromatic N) is 4. The fourth-order valence-electron chi connectivity index (χ4n) is 4.89. The monoisotopic (exact) mass is 690 g/mol. The molecule has 0 aromatic heterocycles. The summed E-state index contributed by atoms with van der Waals surface area (Å²) in [5.74, 6) is 0.362. The number of anilines is 3. The Hall–Kier alpha value is -5.92. The minimum Gasteiger partial charge on any atom is -0.508 e. The van der Waals surface area contributed by atoms with E-state index in [4.69, 9.17) is 4.74 Å². The third kappa shape index (κ3) is 7.64. The summed E-state index contributed by atoms with van der Waals surface area (Å²) in [6, 6.07) is 32.3. The molecule has 13 heteroatoms. The van der Waals surface area contributed by atoms with Gasteiger partial charge in [-0.25, -0.2) is 8.42 Å². The summed E-state index contributed by atoms with van der Waals surface area (Å²) in [5, 5.41) is 42.5. The number of phenols is 2. The minimum absolute atomic E-state index is 0.0322. The van der Waals surface area contributed by atoms with E-state index in [0.717, 1.165) is 22.3 Å². The third-order valence-electron chi connectivity index (χ3n) is 7.42. The molecule has 246 valence electrons. The number of aromatic hydroxyl groups is 2. The van der Waals surface area contributed by atoms with Crippen LogP contribution in [0.4, 0.5) is 39.8 Å². The van der Waals surface area contributed by atoms with Crippen molar-refractivity contribution in [3.8, 4) is 17.2 Å². The Labute approximate surface area is 288 Å². The lowest BCUT2D eigenvalue weighted by Gasteiger charge is -2.11. The van der Waals surface area contributed by atoms with Crippen LogP contribution in [0.5, 0.6) is 17.2 Å². The number of azo groups is 2. The van der Waals surface area contributed by atoms with E-state index in [1.165, 1.54) is 55.6 Å². The van der Waals surface area contributed by atoms with E-state index in [1.807, 2.05) is 61.5 Å². The van der Waals surface area contributed by atoms with Gasteiger partial charge in [0.25, 0.3) is 10.0 Å². The van der Waals surface area contributed by atoms with Crippen molar-refractivity contribution in [1.29, 1.82) is 0 Å². The predicted octanol–water partition coefficient (Wildman–Crippen LogP) is 10.2. The molecule has 0 aliphatic heterocycles. The van der Waals surface area contributed by atoms with Crippen molar-refractivity contribution in [2.45, 2.75) is 16.7 Å². The molecular formula is C36H30N6O5S2. The van der Waals surface area contributed by atoms with Gasteiger partial charge in [0, 0.05) is 33.4 Å². The lowest BCUT2D eigenvalue weighted by molar-refractivity contribution is 0.416. The molecular weight excluding hydrogens is 661 g/mol. The molecule has 6 rings (SSSR count). The molecule has 0 aliphatic carbocycles. The fraction of sp³-hybridized carbons (Fsp3) is 0.0556. The van der Waals surface area contributed by atoms with Gasteiger partial charge in [0.1, 0.15) is 22.9 Å². The Morgan fingerprint density at radius 1 is 0.714 bits per heavy atom. The zero-order valence-electron chi connectivity index (χ0n) is 26.2. The van der Waals surface area contributed by atoms with Crippen LogP contribution < -0.4 is 14.8 Å². The molecule has 0 fully saturated rings. The maximum Gasteiger partial charge on any atom is 0.261 e. The van der Waals surface area contributed by atoms with E-state index in [1.54, 1.807) is 12.1 Å². The number of benzene rings is 6. The molecule has 0 atom stereocenters. The summed E-state index contributed by atoms with van der Waals surface area (Å²) in [7, 11) is -2.35. The molecule has 0 unspecified atom stereocenters. The van der Waals surface area contributed by atoms with Crippen molar-refractivity contribution in [3.63, 3.8) is 0 Å². The van der Waals surface area contributed by atoms with E-state index < -0.39 is 10.0 Å². The van der Waals surface area contributed by atoms with E-state index in [2.05, 4.69) is 43.1 Å². The number of rotatable bonds is 10. The zero-order valence-corrected chi connectivity index (χ0v) is 27.9. The molecule has 49 heavy (non-hydrogen) atoms. The van der Waals surface area contributed by atoms with Crippen molar-refractivity contribution in [2.24, 2.45) is 20.5 Å². The second-order valence-electron chi connectivity index (χ2n) is 10.9. The molecule has 11 nitrogen and oxygen atoms in total. The summed E-state index contributed by atoms with van der Waals surface area (Å²) < 4.78 is 33.5. The van der Waals surface area contributed by atoms with Crippen LogP contribution in [0, 0.1) is 6.92 Å².